The van der Waals surface area contributed by atoms with Crippen molar-refractivity contribution in [3.8, 4) is 0 Å². The summed E-state index contributed by atoms with van der Waals surface area (Å²) < 4.78 is 31.2. The minimum Gasteiger partial charge on any atom is -0.398 e. The van der Waals surface area contributed by atoms with Gasteiger partial charge < -0.3 is 10.5 Å². The highest BCUT2D eigenvalue weighted by Gasteiger charge is 2.15. The van der Waals surface area contributed by atoms with Crippen LogP contribution in [0.25, 0.3) is 0 Å². The van der Waals surface area contributed by atoms with Crippen molar-refractivity contribution in [3.63, 3.8) is 0 Å². The molecule has 0 saturated carbocycles. The highest BCUT2D eigenvalue weighted by atomic mass is 32.2. The normalized spacial score (nSPS) is 11.8. The minimum atomic E-state index is -3.39. The van der Waals surface area contributed by atoms with E-state index < -0.39 is 10.0 Å². The Morgan fingerprint density at radius 3 is 2.88 bits per heavy atom. The monoisotopic (exact) mass is 264 g/mol. The molecule has 0 atom stereocenters. The van der Waals surface area contributed by atoms with Gasteiger partial charge in [0.2, 0.25) is 10.0 Å². The van der Waals surface area contributed by atoms with E-state index in [2.05, 4.69) is 4.72 Å². The van der Waals surface area contributed by atoms with E-state index in [9.17, 15) is 8.42 Å². The Hall–Kier alpha value is -0.630. The van der Waals surface area contributed by atoms with Crippen LogP contribution in [0.4, 0.5) is 5.69 Å². The molecule has 3 N–H and O–H groups in total. The van der Waals surface area contributed by atoms with Crippen molar-refractivity contribution < 1.29 is 13.2 Å². The first-order valence-electron chi connectivity index (χ1n) is 4.97. The highest BCUT2D eigenvalue weighted by molar-refractivity contribution is 7.91. The van der Waals surface area contributed by atoms with Crippen molar-refractivity contribution in [2.24, 2.45) is 0 Å². The standard InChI is InChI=1S/C9H16N2O3S2/c1-2-14-5-3-4-11-16(12,13)9-6-8(10)7-15-9/h6-7,11H,2-5,10H2,1H3. The fourth-order valence-electron chi connectivity index (χ4n) is 1.07. The average molecular weight is 264 g/mol. The largest absolute Gasteiger partial charge is 0.398 e. The second kappa shape index (κ2) is 6.19. The minimum absolute atomic E-state index is 0.251. The number of rotatable bonds is 7. The molecule has 0 fully saturated rings. The van der Waals surface area contributed by atoms with Gasteiger partial charge in [0, 0.05) is 30.8 Å². The fourth-order valence-corrected chi connectivity index (χ4v) is 3.27. The molecule has 1 heterocycles. The molecule has 0 aliphatic heterocycles. The summed E-state index contributed by atoms with van der Waals surface area (Å²) in [7, 11) is -3.39. The molecule has 0 saturated heterocycles. The van der Waals surface area contributed by atoms with Crippen molar-refractivity contribution in [2.45, 2.75) is 17.6 Å². The third kappa shape index (κ3) is 4.09. The van der Waals surface area contributed by atoms with Crippen LogP contribution in [0, 0.1) is 0 Å². The first-order valence-corrected chi connectivity index (χ1v) is 7.34. The first kappa shape index (κ1) is 13.4. The molecule has 16 heavy (non-hydrogen) atoms. The third-order valence-corrected chi connectivity index (χ3v) is 4.74. The molecule has 5 nitrogen and oxygen atoms in total. The number of nitrogens with one attached hydrogen (secondary N) is 1. The summed E-state index contributed by atoms with van der Waals surface area (Å²) >= 11 is 1.12. The molecule has 0 bridgehead atoms. The van der Waals surface area contributed by atoms with E-state index in [-0.39, 0.29) is 4.21 Å². The van der Waals surface area contributed by atoms with E-state index in [4.69, 9.17) is 10.5 Å². The third-order valence-electron chi connectivity index (χ3n) is 1.82. The van der Waals surface area contributed by atoms with Gasteiger partial charge in [-0.2, -0.15) is 0 Å². The lowest BCUT2D eigenvalue weighted by Gasteiger charge is -2.04. The van der Waals surface area contributed by atoms with E-state index >= 15 is 0 Å². The molecule has 0 amide bonds. The van der Waals surface area contributed by atoms with Gasteiger partial charge in [-0.05, 0) is 19.4 Å². The summed E-state index contributed by atoms with van der Waals surface area (Å²) in [5.41, 5.74) is 5.94. The van der Waals surface area contributed by atoms with Crippen LogP contribution < -0.4 is 10.5 Å². The number of hydrogen-bond acceptors (Lipinski definition) is 5. The lowest BCUT2D eigenvalue weighted by atomic mass is 10.5. The van der Waals surface area contributed by atoms with E-state index in [0.29, 0.717) is 31.9 Å². The molecular formula is C9H16N2O3S2. The summed E-state index contributed by atoms with van der Waals surface area (Å²) in [5.74, 6) is 0. The number of sulfonamides is 1. The Labute approximate surface area is 99.7 Å². The molecule has 0 aromatic carbocycles. The second-order valence-electron chi connectivity index (χ2n) is 3.15. The number of thiophene rings is 1. The molecule has 7 heteroatoms. The van der Waals surface area contributed by atoms with Crippen molar-refractivity contribution in [1.29, 1.82) is 0 Å². The Balaban J connectivity index is 2.41. The van der Waals surface area contributed by atoms with E-state index in [1.54, 1.807) is 5.38 Å². The summed E-state index contributed by atoms with van der Waals surface area (Å²) in [6.07, 6.45) is 0.661. The molecule has 0 radical (unpaired) electrons. The highest BCUT2D eigenvalue weighted by Crippen LogP contribution is 2.21. The predicted octanol–water partition coefficient (Wildman–Crippen LogP) is 1.04. The van der Waals surface area contributed by atoms with Crippen LogP contribution in [0.1, 0.15) is 13.3 Å². The SMILES string of the molecule is CCOCCCNS(=O)(=O)c1cc(N)cs1. The van der Waals surface area contributed by atoms with Gasteiger partial charge in [-0.1, -0.05) is 0 Å². The molecule has 92 valence electrons. The zero-order valence-corrected chi connectivity index (χ0v) is 10.7. The molecule has 0 aliphatic carbocycles. The van der Waals surface area contributed by atoms with Crippen LogP contribution in [-0.4, -0.2) is 28.2 Å². The van der Waals surface area contributed by atoms with Crippen molar-refractivity contribution >= 4 is 27.0 Å². The topological polar surface area (TPSA) is 81.4 Å². The van der Waals surface area contributed by atoms with Crippen molar-refractivity contribution in [1.82, 2.24) is 4.72 Å². The van der Waals surface area contributed by atoms with Crippen molar-refractivity contribution in [3.05, 3.63) is 11.4 Å². The van der Waals surface area contributed by atoms with Crippen molar-refractivity contribution in [2.75, 3.05) is 25.5 Å². The van der Waals surface area contributed by atoms with Gasteiger partial charge in [0.05, 0.1) is 0 Å². The van der Waals surface area contributed by atoms with E-state index in [1.807, 2.05) is 6.92 Å². The van der Waals surface area contributed by atoms with E-state index in [1.165, 1.54) is 6.07 Å². The van der Waals surface area contributed by atoms with Crippen LogP contribution in [0.3, 0.4) is 0 Å². The molecule has 0 unspecified atom stereocenters. The molecule has 1 rings (SSSR count). The summed E-state index contributed by atoms with van der Waals surface area (Å²) in [6, 6.07) is 1.45. The lowest BCUT2D eigenvalue weighted by Crippen LogP contribution is -2.24. The van der Waals surface area contributed by atoms with Crippen LogP contribution in [-0.2, 0) is 14.8 Å². The smallest absolute Gasteiger partial charge is 0.250 e. The number of nitrogen functional groups attached to an aromatic ring is 1. The van der Waals surface area contributed by atoms with Crippen LogP contribution in [0.15, 0.2) is 15.7 Å². The maximum atomic E-state index is 11.7. The summed E-state index contributed by atoms with van der Waals surface area (Å²) in [6.45, 7) is 3.48. The molecule has 1 aromatic rings. The zero-order chi connectivity index (χ0) is 12.0. The first-order chi connectivity index (χ1) is 7.56. The molecular weight excluding hydrogens is 248 g/mol. The van der Waals surface area contributed by atoms with Crippen LogP contribution in [0.2, 0.25) is 0 Å². The zero-order valence-electron chi connectivity index (χ0n) is 9.10. The van der Waals surface area contributed by atoms with Gasteiger partial charge in [-0.3, -0.25) is 0 Å². The lowest BCUT2D eigenvalue weighted by molar-refractivity contribution is 0.146. The quantitative estimate of drug-likeness (QED) is 0.721. The maximum absolute atomic E-state index is 11.7. The Morgan fingerprint density at radius 2 is 2.31 bits per heavy atom. The molecule has 0 spiro atoms. The van der Waals surface area contributed by atoms with Gasteiger partial charge in [0.15, 0.2) is 0 Å². The number of ether oxygens (including phenoxy) is 1. The Morgan fingerprint density at radius 1 is 1.56 bits per heavy atom. The Bertz CT molecular complexity index is 414. The van der Waals surface area contributed by atoms with E-state index in [0.717, 1.165) is 11.3 Å². The Kier molecular flexibility index (Phi) is 5.20. The van der Waals surface area contributed by atoms with Crippen LogP contribution in [0.5, 0.6) is 0 Å². The maximum Gasteiger partial charge on any atom is 0.250 e. The van der Waals surface area contributed by atoms with Gasteiger partial charge in [0.25, 0.3) is 0 Å². The number of anilines is 1. The van der Waals surface area contributed by atoms with Gasteiger partial charge in [-0.25, -0.2) is 13.1 Å². The average Bonchev–Trinajstić information content (AvgIpc) is 2.65. The molecule has 1 aromatic heterocycles. The van der Waals surface area contributed by atoms with Gasteiger partial charge >= 0.3 is 0 Å². The fraction of sp³-hybridized carbons (Fsp3) is 0.556. The van der Waals surface area contributed by atoms with Crippen LogP contribution >= 0.6 is 11.3 Å². The predicted molar refractivity (Wildman–Crippen MR) is 65.0 cm³/mol. The number of hydrogen-bond donors (Lipinski definition) is 2. The second-order valence-corrected chi connectivity index (χ2v) is 6.05. The summed E-state index contributed by atoms with van der Waals surface area (Å²) in [5, 5.41) is 1.61. The number of nitrogens with two attached hydrogens (primary N) is 1. The van der Waals surface area contributed by atoms with Gasteiger partial charge in [0.1, 0.15) is 4.21 Å². The summed E-state index contributed by atoms with van der Waals surface area (Å²) in [4.78, 5) is 0. The molecule has 0 aliphatic rings. The van der Waals surface area contributed by atoms with Gasteiger partial charge in [-0.15, -0.1) is 11.3 Å².